The lowest BCUT2D eigenvalue weighted by Gasteiger charge is -2.13. The second-order valence-electron chi connectivity index (χ2n) is 11.6. The van der Waals surface area contributed by atoms with E-state index in [4.69, 9.17) is 23.8 Å². The predicted molar refractivity (Wildman–Crippen MR) is 182 cm³/mol. The molecule has 0 N–H and O–H groups in total. The largest absolute Gasteiger partial charge is 0.456 e. The number of rotatable bonds is 4. The fraction of sp³-hybridized carbons (Fsp3) is 0.0750. The smallest absolute Gasteiger partial charge is 0.164 e. The molecule has 5 nitrogen and oxygen atoms in total. The first-order chi connectivity index (χ1) is 22.2. The molecule has 9 rings (SSSR count). The van der Waals surface area contributed by atoms with Crippen LogP contribution in [0.1, 0.15) is 19.2 Å². The molecule has 0 radical (unpaired) electrons. The monoisotopic (exact) mass is 581 g/mol. The van der Waals surface area contributed by atoms with E-state index >= 15 is 0 Å². The Bertz CT molecular complexity index is 2480. The van der Waals surface area contributed by atoms with Gasteiger partial charge in [0, 0.05) is 43.8 Å². The number of allylic oxidation sites excluding steroid dienone is 4. The lowest BCUT2D eigenvalue weighted by atomic mass is 9.96. The van der Waals surface area contributed by atoms with Crippen LogP contribution in [0.2, 0.25) is 0 Å². The number of aromatic nitrogens is 3. The number of hydrogen-bond acceptors (Lipinski definition) is 5. The van der Waals surface area contributed by atoms with Gasteiger partial charge < -0.3 is 8.83 Å². The van der Waals surface area contributed by atoms with Gasteiger partial charge in [0.05, 0.1) is 0 Å². The lowest BCUT2D eigenvalue weighted by molar-refractivity contribution is 0.668. The molecule has 0 aliphatic heterocycles. The van der Waals surface area contributed by atoms with Crippen LogP contribution < -0.4 is 0 Å². The van der Waals surface area contributed by atoms with E-state index in [-0.39, 0.29) is 0 Å². The molecule has 3 aromatic heterocycles. The van der Waals surface area contributed by atoms with Crippen LogP contribution in [0.4, 0.5) is 0 Å². The third-order valence-electron chi connectivity index (χ3n) is 8.65. The van der Waals surface area contributed by atoms with Crippen LogP contribution in [0.25, 0.3) is 83.4 Å². The molecule has 0 spiro atoms. The molecule has 45 heavy (non-hydrogen) atoms. The summed E-state index contributed by atoms with van der Waals surface area (Å²) in [4.78, 5) is 15.1. The van der Waals surface area contributed by atoms with Gasteiger partial charge in [0.1, 0.15) is 22.3 Å². The van der Waals surface area contributed by atoms with E-state index in [9.17, 15) is 0 Å². The Labute approximate surface area is 259 Å². The minimum absolute atomic E-state index is 0.418. The molecular formula is C40H27N3O2. The first-order valence-electron chi connectivity index (χ1n) is 15.3. The second-order valence-corrected chi connectivity index (χ2v) is 11.6. The van der Waals surface area contributed by atoms with Gasteiger partial charge >= 0.3 is 0 Å². The van der Waals surface area contributed by atoms with Gasteiger partial charge in [-0.15, -0.1) is 0 Å². The van der Waals surface area contributed by atoms with E-state index < -0.39 is 0 Å². The van der Waals surface area contributed by atoms with E-state index in [1.807, 2.05) is 66.7 Å². The molecule has 8 aromatic rings. The Morgan fingerprint density at radius 2 is 1.20 bits per heavy atom. The van der Waals surface area contributed by atoms with Crippen molar-refractivity contribution in [1.82, 2.24) is 15.0 Å². The van der Waals surface area contributed by atoms with Gasteiger partial charge in [-0.2, -0.15) is 0 Å². The molecular weight excluding hydrogens is 554 g/mol. The molecule has 0 fully saturated rings. The van der Waals surface area contributed by atoms with E-state index in [1.165, 1.54) is 0 Å². The quantitative estimate of drug-likeness (QED) is 0.207. The van der Waals surface area contributed by atoms with Crippen LogP contribution in [-0.4, -0.2) is 15.0 Å². The maximum atomic E-state index is 6.69. The zero-order valence-electron chi connectivity index (χ0n) is 24.6. The van der Waals surface area contributed by atoms with Crippen molar-refractivity contribution >= 4 is 49.5 Å². The van der Waals surface area contributed by atoms with E-state index in [1.54, 1.807) is 0 Å². The minimum atomic E-state index is 0.418. The maximum Gasteiger partial charge on any atom is 0.164 e. The normalized spacial score (nSPS) is 15.0. The standard InChI is InChI=1S/C40H27N3O2/c1-24-11-7-14-26(23-24)39-41-38(25-12-3-2-4-13-25)42-40(43-39)31-19-10-22-34-36(31)30-18-8-17-28(37(30)45-34)27-16-9-21-33-35(27)29-15-5-6-20-32(29)44-33/h2-10,12-24H,11H2,1H3. The van der Waals surface area contributed by atoms with Gasteiger partial charge in [0.2, 0.25) is 0 Å². The summed E-state index contributed by atoms with van der Waals surface area (Å²) in [6, 6.07) is 36.9. The van der Waals surface area contributed by atoms with E-state index in [2.05, 4.69) is 67.6 Å². The van der Waals surface area contributed by atoms with Crippen LogP contribution in [0.5, 0.6) is 0 Å². The lowest BCUT2D eigenvalue weighted by Crippen LogP contribution is -2.04. The number of fused-ring (bicyclic) bond motifs is 6. The fourth-order valence-electron chi connectivity index (χ4n) is 6.58. The van der Waals surface area contributed by atoms with Gasteiger partial charge in [-0.25, -0.2) is 15.0 Å². The highest BCUT2D eigenvalue weighted by atomic mass is 16.3. The number of furan rings is 2. The Balaban J connectivity index is 1.29. The minimum Gasteiger partial charge on any atom is -0.456 e. The topological polar surface area (TPSA) is 65.0 Å². The number of hydrogen-bond donors (Lipinski definition) is 0. The SMILES string of the molecule is CC1C=C(c2nc(-c3ccccc3)nc(-c3cccc4oc5c(-c6cccc7oc8ccccc8c67)cccc5c34)n2)C=CC1. The highest BCUT2D eigenvalue weighted by Crippen LogP contribution is 2.43. The maximum absolute atomic E-state index is 6.69. The molecule has 1 atom stereocenters. The first kappa shape index (κ1) is 25.7. The second kappa shape index (κ2) is 10.1. The third-order valence-corrected chi connectivity index (χ3v) is 8.65. The summed E-state index contributed by atoms with van der Waals surface area (Å²) in [5.74, 6) is 2.35. The summed E-state index contributed by atoms with van der Waals surface area (Å²) < 4.78 is 12.9. The molecule has 1 aliphatic rings. The molecule has 5 aromatic carbocycles. The molecule has 1 unspecified atom stereocenters. The summed E-state index contributed by atoms with van der Waals surface area (Å²) in [5, 5.41) is 4.16. The van der Waals surface area contributed by atoms with Crippen molar-refractivity contribution in [2.45, 2.75) is 13.3 Å². The third kappa shape index (κ3) is 4.20. The highest BCUT2D eigenvalue weighted by molar-refractivity contribution is 6.19. The molecule has 0 saturated heterocycles. The van der Waals surface area contributed by atoms with Crippen molar-refractivity contribution in [3.8, 4) is 33.9 Å². The first-order valence-corrected chi connectivity index (χ1v) is 15.3. The molecule has 1 aliphatic carbocycles. The summed E-state index contributed by atoms with van der Waals surface area (Å²) in [5.41, 5.74) is 8.29. The number of para-hydroxylation sites is 2. The van der Waals surface area contributed by atoms with Crippen LogP contribution in [0.15, 0.2) is 136 Å². The van der Waals surface area contributed by atoms with Crippen molar-refractivity contribution in [2.75, 3.05) is 0 Å². The molecule has 0 bridgehead atoms. The zero-order chi connectivity index (χ0) is 29.9. The fourth-order valence-corrected chi connectivity index (χ4v) is 6.58. The summed E-state index contributed by atoms with van der Waals surface area (Å²) in [6.45, 7) is 2.21. The molecule has 3 heterocycles. The number of nitrogens with zero attached hydrogens (tertiary/aromatic N) is 3. The van der Waals surface area contributed by atoms with Gasteiger partial charge in [-0.1, -0.05) is 116 Å². The van der Waals surface area contributed by atoms with Crippen molar-refractivity contribution in [2.24, 2.45) is 5.92 Å². The molecule has 5 heteroatoms. The molecule has 0 saturated carbocycles. The average molecular weight is 582 g/mol. The molecule has 0 amide bonds. The average Bonchev–Trinajstić information content (AvgIpc) is 3.67. The van der Waals surface area contributed by atoms with Gasteiger partial charge in [-0.05, 0) is 36.1 Å². The van der Waals surface area contributed by atoms with Gasteiger partial charge in [0.15, 0.2) is 17.5 Å². The summed E-state index contributed by atoms with van der Waals surface area (Å²) in [6.07, 6.45) is 7.57. The van der Waals surface area contributed by atoms with E-state index in [0.717, 1.165) is 78.1 Å². The van der Waals surface area contributed by atoms with Crippen LogP contribution in [0, 0.1) is 5.92 Å². The van der Waals surface area contributed by atoms with Crippen molar-refractivity contribution in [1.29, 1.82) is 0 Å². The zero-order valence-corrected chi connectivity index (χ0v) is 24.6. The predicted octanol–water partition coefficient (Wildman–Crippen LogP) is 10.7. The Hall–Kier alpha value is -5.81. The van der Waals surface area contributed by atoms with Crippen molar-refractivity contribution < 1.29 is 8.83 Å². The Kier molecular flexibility index (Phi) is 5.78. The van der Waals surface area contributed by atoms with E-state index in [0.29, 0.717) is 23.4 Å². The van der Waals surface area contributed by atoms with Gasteiger partial charge in [-0.3, -0.25) is 0 Å². The Morgan fingerprint density at radius 1 is 0.556 bits per heavy atom. The van der Waals surface area contributed by atoms with Crippen molar-refractivity contribution in [3.63, 3.8) is 0 Å². The highest BCUT2D eigenvalue weighted by Gasteiger charge is 2.21. The van der Waals surface area contributed by atoms with Crippen LogP contribution in [-0.2, 0) is 0 Å². The van der Waals surface area contributed by atoms with Crippen LogP contribution >= 0.6 is 0 Å². The number of benzene rings is 5. The van der Waals surface area contributed by atoms with Crippen molar-refractivity contribution in [3.05, 3.63) is 133 Å². The Morgan fingerprint density at radius 3 is 2.07 bits per heavy atom. The van der Waals surface area contributed by atoms with Gasteiger partial charge in [0.25, 0.3) is 0 Å². The summed E-state index contributed by atoms with van der Waals surface area (Å²) >= 11 is 0. The molecule has 214 valence electrons. The summed E-state index contributed by atoms with van der Waals surface area (Å²) in [7, 11) is 0. The van der Waals surface area contributed by atoms with Crippen LogP contribution in [0.3, 0.4) is 0 Å².